The van der Waals surface area contributed by atoms with Crippen molar-refractivity contribution < 1.29 is 14.3 Å². The predicted molar refractivity (Wildman–Crippen MR) is 117 cm³/mol. The number of aromatic nitrogens is 1. The summed E-state index contributed by atoms with van der Waals surface area (Å²) in [6.45, 7) is 6.96. The van der Waals surface area contributed by atoms with Gasteiger partial charge in [0.25, 0.3) is 0 Å². The van der Waals surface area contributed by atoms with Gasteiger partial charge in [0, 0.05) is 31.2 Å². The summed E-state index contributed by atoms with van der Waals surface area (Å²) in [7, 11) is 1.79. The van der Waals surface area contributed by atoms with Crippen molar-refractivity contribution in [3.8, 4) is 0 Å². The van der Waals surface area contributed by atoms with Gasteiger partial charge < -0.3 is 14.5 Å². The first-order valence-electron chi connectivity index (χ1n) is 10.7. The molecule has 3 aliphatic rings. The lowest BCUT2D eigenvalue weighted by Crippen LogP contribution is -2.44. The minimum absolute atomic E-state index is 0.0263. The second kappa shape index (κ2) is 7.02. The maximum atomic E-state index is 13.5. The molecule has 0 radical (unpaired) electrons. The Morgan fingerprint density at radius 1 is 1.23 bits per heavy atom. The van der Waals surface area contributed by atoms with Gasteiger partial charge in [0.1, 0.15) is 5.60 Å². The maximum Gasteiger partial charge on any atom is 0.234 e. The van der Waals surface area contributed by atoms with E-state index in [1.165, 1.54) is 5.56 Å². The van der Waals surface area contributed by atoms with Gasteiger partial charge in [-0.2, -0.15) is 0 Å². The molecule has 2 unspecified atom stereocenters. The van der Waals surface area contributed by atoms with Crippen LogP contribution in [0, 0.1) is 32.6 Å². The molecule has 4 heterocycles. The van der Waals surface area contributed by atoms with Crippen molar-refractivity contribution in [2.24, 2.45) is 11.8 Å². The number of carbonyl (C=O) groups excluding carboxylic acids is 2. The molecule has 6 heteroatoms. The van der Waals surface area contributed by atoms with E-state index in [0.29, 0.717) is 13.1 Å². The van der Waals surface area contributed by atoms with Crippen LogP contribution in [0.15, 0.2) is 48.7 Å². The molecule has 5 rings (SSSR count). The number of fused-ring (bicyclic) bond motifs is 1. The normalized spacial score (nSPS) is 28.3. The third-order valence-corrected chi connectivity index (χ3v) is 6.94. The minimum Gasteiger partial charge on any atom is -0.360 e. The largest absolute Gasteiger partial charge is 0.360 e. The first kappa shape index (κ1) is 19.9. The molecule has 31 heavy (non-hydrogen) atoms. The van der Waals surface area contributed by atoms with E-state index < -0.39 is 17.4 Å². The number of ether oxygens (including phenoxy) is 1. The van der Waals surface area contributed by atoms with Crippen LogP contribution in [0.4, 0.5) is 5.69 Å². The zero-order valence-electron chi connectivity index (χ0n) is 18.3. The van der Waals surface area contributed by atoms with E-state index in [1.807, 2.05) is 56.3 Å². The van der Waals surface area contributed by atoms with E-state index in [1.54, 1.807) is 23.0 Å². The summed E-state index contributed by atoms with van der Waals surface area (Å²) in [6, 6.07) is 9.94. The Balaban J connectivity index is 1.41. The summed E-state index contributed by atoms with van der Waals surface area (Å²) < 4.78 is 6.28. The number of hydrogen-bond acceptors (Lipinski definition) is 4. The number of aryl methyl sites for hydroxylation is 3. The third kappa shape index (κ3) is 3.08. The maximum absolute atomic E-state index is 13.5. The van der Waals surface area contributed by atoms with Crippen molar-refractivity contribution in [3.63, 3.8) is 0 Å². The molecule has 2 fully saturated rings. The van der Waals surface area contributed by atoms with Crippen molar-refractivity contribution in [3.05, 3.63) is 71.1 Å². The van der Waals surface area contributed by atoms with Gasteiger partial charge in [-0.3, -0.25) is 14.6 Å². The Kier molecular flexibility index (Phi) is 4.52. The molecule has 2 amide bonds. The van der Waals surface area contributed by atoms with Gasteiger partial charge in [0.2, 0.25) is 11.8 Å². The minimum atomic E-state index is -0.713. The standard InChI is InChI=1S/C25H27N3O3/c1-15-5-6-19(11-16(15)2)28-14-25-9-7-20(31-25)21(22(25)24(28)30)23(29)27(4)13-18-8-10-26-17(3)12-18/h5-12,20-22H,13-14H2,1-4H3/t20-,21?,22?,25-/m1/s1. The highest BCUT2D eigenvalue weighted by molar-refractivity contribution is 6.03. The number of benzene rings is 1. The molecular formula is C25H27N3O3. The van der Waals surface area contributed by atoms with Crippen LogP contribution in [0.1, 0.15) is 22.4 Å². The highest BCUT2D eigenvalue weighted by Crippen LogP contribution is 2.53. The van der Waals surface area contributed by atoms with Gasteiger partial charge in [-0.25, -0.2) is 0 Å². The second-order valence-corrected chi connectivity index (χ2v) is 9.09. The SMILES string of the molecule is Cc1cc(CN(C)C(=O)C2C3C(=O)N(c4ccc(C)c(C)c4)C[C@]34C=C[C@H]2O4)ccn1. The molecule has 6 nitrogen and oxygen atoms in total. The Bertz CT molecular complexity index is 1110. The lowest BCUT2D eigenvalue weighted by Gasteiger charge is -2.28. The summed E-state index contributed by atoms with van der Waals surface area (Å²) in [6.07, 6.45) is 5.37. The lowest BCUT2D eigenvalue weighted by atomic mass is 9.76. The van der Waals surface area contributed by atoms with Gasteiger partial charge in [-0.05, 0) is 61.7 Å². The zero-order chi connectivity index (χ0) is 21.9. The molecule has 1 aromatic heterocycles. The van der Waals surface area contributed by atoms with E-state index in [0.717, 1.165) is 22.5 Å². The van der Waals surface area contributed by atoms with E-state index in [2.05, 4.69) is 11.9 Å². The predicted octanol–water partition coefficient (Wildman–Crippen LogP) is 2.95. The summed E-state index contributed by atoms with van der Waals surface area (Å²) in [5.74, 6) is -1.06. The van der Waals surface area contributed by atoms with E-state index in [9.17, 15) is 9.59 Å². The Labute approximate surface area is 182 Å². The molecule has 2 bridgehead atoms. The first-order chi connectivity index (χ1) is 14.8. The van der Waals surface area contributed by atoms with Crippen molar-refractivity contribution in [1.29, 1.82) is 0 Å². The zero-order valence-corrected chi connectivity index (χ0v) is 18.3. The van der Waals surface area contributed by atoms with Crippen molar-refractivity contribution in [1.82, 2.24) is 9.88 Å². The fraction of sp³-hybridized carbons (Fsp3) is 0.400. The summed E-state index contributed by atoms with van der Waals surface area (Å²) in [5, 5.41) is 0. The molecule has 1 spiro atoms. The van der Waals surface area contributed by atoms with Gasteiger partial charge in [-0.1, -0.05) is 18.2 Å². The molecule has 3 aliphatic heterocycles. The van der Waals surface area contributed by atoms with Crippen LogP contribution in [-0.4, -0.2) is 47.0 Å². The number of nitrogens with zero attached hydrogens (tertiary/aromatic N) is 3. The van der Waals surface area contributed by atoms with E-state index >= 15 is 0 Å². The summed E-state index contributed by atoms with van der Waals surface area (Å²) >= 11 is 0. The Hall–Kier alpha value is -2.99. The molecule has 2 aromatic rings. The number of pyridine rings is 1. The van der Waals surface area contributed by atoms with Crippen LogP contribution in [0.25, 0.3) is 0 Å². The van der Waals surface area contributed by atoms with Crippen molar-refractivity contribution in [2.75, 3.05) is 18.5 Å². The van der Waals surface area contributed by atoms with Crippen LogP contribution in [0.3, 0.4) is 0 Å². The average Bonchev–Trinajstić information content (AvgIpc) is 3.38. The lowest BCUT2D eigenvalue weighted by molar-refractivity contribution is -0.139. The van der Waals surface area contributed by atoms with Crippen LogP contribution in [0.2, 0.25) is 0 Å². The second-order valence-electron chi connectivity index (χ2n) is 9.09. The number of amides is 2. The molecule has 0 N–H and O–H groups in total. The number of anilines is 1. The molecule has 0 aliphatic carbocycles. The highest BCUT2D eigenvalue weighted by atomic mass is 16.5. The Morgan fingerprint density at radius 3 is 2.77 bits per heavy atom. The Morgan fingerprint density at radius 2 is 2.03 bits per heavy atom. The molecule has 4 atom stereocenters. The van der Waals surface area contributed by atoms with Gasteiger partial charge in [-0.15, -0.1) is 0 Å². The molecule has 160 valence electrons. The van der Waals surface area contributed by atoms with Crippen molar-refractivity contribution in [2.45, 2.75) is 39.0 Å². The quantitative estimate of drug-likeness (QED) is 0.718. The summed E-state index contributed by atoms with van der Waals surface area (Å²) in [4.78, 5) is 34.7. The van der Waals surface area contributed by atoms with Crippen LogP contribution in [0.5, 0.6) is 0 Å². The van der Waals surface area contributed by atoms with Gasteiger partial charge in [0.05, 0.1) is 24.5 Å². The number of rotatable bonds is 4. The third-order valence-electron chi connectivity index (χ3n) is 6.94. The fourth-order valence-electron chi connectivity index (χ4n) is 5.20. The van der Waals surface area contributed by atoms with Gasteiger partial charge >= 0.3 is 0 Å². The monoisotopic (exact) mass is 417 g/mol. The molecule has 1 aromatic carbocycles. The van der Waals surface area contributed by atoms with Crippen LogP contribution < -0.4 is 4.90 Å². The highest BCUT2D eigenvalue weighted by Gasteiger charge is 2.67. The average molecular weight is 418 g/mol. The van der Waals surface area contributed by atoms with Crippen molar-refractivity contribution >= 4 is 17.5 Å². The number of carbonyl (C=O) groups is 2. The fourth-order valence-corrected chi connectivity index (χ4v) is 5.20. The van der Waals surface area contributed by atoms with Crippen LogP contribution >= 0.6 is 0 Å². The first-order valence-corrected chi connectivity index (χ1v) is 10.7. The molecule has 2 saturated heterocycles. The molecular weight excluding hydrogens is 390 g/mol. The number of hydrogen-bond donors (Lipinski definition) is 0. The topological polar surface area (TPSA) is 62.7 Å². The van der Waals surface area contributed by atoms with E-state index in [4.69, 9.17) is 4.74 Å². The summed E-state index contributed by atoms with van der Waals surface area (Å²) in [5.41, 5.74) is 4.41. The van der Waals surface area contributed by atoms with E-state index in [-0.39, 0.29) is 17.9 Å². The molecule has 0 saturated carbocycles. The smallest absolute Gasteiger partial charge is 0.234 e. The van der Waals surface area contributed by atoms with Crippen LogP contribution in [-0.2, 0) is 20.9 Å². The van der Waals surface area contributed by atoms with Gasteiger partial charge in [0.15, 0.2) is 0 Å².